The van der Waals surface area contributed by atoms with E-state index in [1.807, 2.05) is 18.2 Å². The van der Waals surface area contributed by atoms with E-state index in [1.165, 1.54) is 7.11 Å². The number of aromatic nitrogens is 1. The Labute approximate surface area is 129 Å². The van der Waals surface area contributed by atoms with Gasteiger partial charge < -0.3 is 10.1 Å². The van der Waals surface area contributed by atoms with Crippen molar-refractivity contribution in [1.29, 1.82) is 0 Å². The van der Waals surface area contributed by atoms with Crippen LogP contribution in [0.1, 0.15) is 23.7 Å². The Hall–Kier alpha value is -2.69. The van der Waals surface area contributed by atoms with Gasteiger partial charge in [0.15, 0.2) is 0 Å². The van der Waals surface area contributed by atoms with Crippen molar-refractivity contribution in [2.75, 3.05) is 7.11 Å². The number of nitrogens with zero attached hydrogens (tertiary/aromatic N) is 1. The second-order valence-corrected chi connectivity index (χ2v) is 5.09. The molecule has 0 saturated carbocycles. The highest BCUT2D eigenvalue weighted by atomic mass is 16.5. The van der Waals surface area contributed by atoms with Crippen LogP contribution in [0.25, 0.3) is 10.9 Å². The number of carbonyl (C=O) groups excluding carboxylic acids is 2. The fourth-order valence-electron chi connectivity index (χ4n) is 2.21. The number of benzene rings is 1. The van der Waals surface area contributed by atoms with Crippen LogP contribution in [0.3, 0.4) is 0 Å². The first kappa shape index (κ1) is 15.7. The number of esters is 1. The molecule has 0 spiro atoms. The SMILES string of the molecule is C=C(C)C[C@H](NC(=O)c1cccc2cccnc12)C(=O)OC. The molecular formula is C17H18N2O3. The summed E-state index contributed by atoms with van der Waals surface area (Å²) in [6.07, 6.45) is 1.96. The van der Waals surface area contributed by atoms with Crippen LogP contribution in [0.4, 0.5) is 0 Å². The Morgan fingerprint density at radius 3 is 2.73 bits per heavy atom. The summed E-state index contributed by atoms with van der Waals surface area (Å²) >= 11 is 0. The predicted molar refractivity (Wildman–Crippen MR) is 84.4 cm³/mol. The van der Waals surface area contributed by atoms with Gasteiger partial charge in [-0.05, 0) is 25.5 Å². The average Bonchev–Trinajstić information content (AvgIpc) is 2.52. The van der Waals surface area contributed by atoms with Gasteiger partial charge in [-0.25, -0.2) is 4.79 Å². The van der Waals surface area contributed by atoms with Gasteiger partial charge in [-0.15, -0.1) is 6.58 Å². The number of hydrogen-bond acceptors (Lipinski definition) is 4. The number of fused-ring (bicyclic) bond motifs is 1. The molecule has 2 aromatic rings. The van der Waals surface area contributed by atoms with Crippen molar-refractivity contribution in [3.8, 4) is 0 Å². The number of methoxy groups -OCH3 is 1. The summed E-state index contributed by atoms with van der Waals surface area (Å²) in [7, 11) is 1.29. The maximum atomic E-state index is 12.5. The molecule has 0 aliphatic rings. The van der Waals surface area contributed by atoms with Crippen LogP contribution in [0.5, 0.6) is 0 Å². The summed E-state index contributed by atoms with van der Waals surface area (Å²) in [5.41, 5.74) is 1.81. The van der Waals surface area contributed by atoms with Crippen molar-refractivity contribution in [2.45, 2.75) is 19.4 Å². The standard InChI is InChI=1S/C17H18N2O3/c1-11(2)10-14(17(21)22-3)19-16(20)13-8-4-6-12-7-5-9-18-15(12)13/h4-9,14H,1,10H2,2-3H3,(H,19,20)/t14-/m0/s1. The van der Waals surface area contributed by atoms with Crippen LogP contribution in [0, 0.1) is 0 Å². The second kappa shape index (κ2) is 6.85. The van der Waals surface area contributed by atoms with Gasteiger partial charge in [0.2, 0.25) is 0 Å². The molecule has 1 N–H and O–H groups in total. The third-order valence-electron chi connectivity index (χ3n) is 3.22. The molecule has 22 heavy (non-hydrogen) atoms. The zero-order valence-electron chi connectivity index (χ0n) is 12.6. The van der Waals surface area contributed by atoms with Crippen molar-refractivity contribution in [3.05, 3.63) is 54.2 Å². The van der Waals surface area contributed by atoms with Gasteiger partial charge in [0.1, 0.15) is 6.04 Å². The normalized spacial score (nSPS) is 11.7. The number of para-hydroxylation sites is 1. The Kier molecular flexibility index (Phi) is 4.88. The number of nitrogens with one attached hydrogen (secondary N) is 1. The zero-order chi connectivity index (χ0) is 16.1. The number of amides is 1. The molecule has 1 atom stereocenters. The Morgan fingerprint density at radius 2 is 2.05 bits per heavy atom. The number of ether oxygens (including phenoxy) is 1. The summed E-state index contributed by atoms with van der Waals surface area (Å²) in [6.45, 7) is 5.56. The van der Waals surface area contributed by atoms with E-state index in [1.54, 1.807) is 25.3 Å². The van der Waals surface area contributed by atoms with Crippen molar-refractivity contribution in [2.24, 2.45) is 0 Å². The van der Waals surface area contributed by atoms with E-state index < -0.39 is 12.0 Å². The lowest BCUT2D eigenvalue weighted by Crippen LogP contribution is -2.41. The molecule has 0 unspecified atom stereocenters. The Morgan fingerprint density at radius 1 is 1.32 bits per heavy atom. The van der Waals surface area contributed by atoms with Gasteiger partial charge in [-0.1, -0.05) is 23.8 Å². The van der Waals surface area contributed by atoms with Gasteiger partial charge in [0.25, 0.3) is 5.91 Å². The minimum atomic E-state index is -0.756. The lowest BCUT2D eigenvalue weighted by Gasteiger charge is -2.17. The van der Waals surface area contributed by atoms with Gasteiger partial charge >= 0.3 is 5.97 Å². The van der Waals surface area contributed by atoms with Crippen LogP contribution in [0.15, 0.2) is 48.7 Å². The molecule has 1 heterocycles. The first-order valence-electron chi connectivity index (χ1n) is 6.89. The highest BCUT2D eigenvalue weighted by Gasteiger charge is 2.23. The molecule has 1 amide bonds. The molecule has 0 saturated heterocycles. The second-order valence-electron chi connectivity index (χ2n) is 5.09. The average molecular weight is 298 g/mol. The lowest BCUT2D eigenvalue weighted by molar-refractivity contribution is -0.142. The van der Waals surface area contributed by atoms with Gasteiger partial charge in [0, 0.05) is 11.6 Å². The maximum Gasteiger partial charge on any atom is 0.328 e. The molecule has 0 aliphatic carbocycles. The highest BCUT2D eigenvalue weighted by Crippen LogP contribution is 2.16. The predicted octanol–water partition coefficient (Wildman–Crippen LogP) is 2.47. The first-order chi connectivity index (χ1) is 10.5. The molecule has 0 aliphatic heterocycles. The Bertz CT molecular complexity index is 719. The van der Waals surface area contributed by atoms with Crippen LogP contribution >= 0.6 is 0 Å². The van der Waals surface area contributed by atoms with Gasteiger partial charge in [0.05, 0.1) is 18.2 Å². The molecule has 0 radical (unpaired) electrons. The third kappa shape index (κ3) is 3.49. The minimum absolute atomic E-state index is 0.330. The van der Waals surface area contributed by atoms with E-state index in [0.29, 0.717) is 17.5 Å². The molecule has 0 fully saturated rings. The van der Waals surface area contributed by atoms with Crippen LogP contribution < -0.4 is 5.32 Å². The quantitative estimate of drug-likeness (QED) is 0.680. The lowest BCUT2D eigenvalue weighted by atomic mass is 10.1. The Balaban J connectivity index is 2.29. The van der Waals surface area contributed by atoms with Crippen LogP contribution in [-0.4, -0.2) is 30.0 Å². The topological polar surface area (TPSA) is 68.3 Å². The molecule has 5 nitrogen and oxygen atoms in total. The van der Waals surface area contributed by atoms with E-state index in [4.69, 9.17) is 4.74 Å². The van der Waals surface area contributed by atoms with E-state index in [0.717, 1.165) is 11.0 Å². The van der Waals surface area contributed by atoms with Crippen molar-refractivity contribution >= 4 is 22.8 Å². The number of rotatable bonds is 5. The highest BCUT2D eigenvalue weighted by molar-refractivity contribution is 6.06. The van der Waals surface area contributed by atoms with Gasteiger partial charge in [-0.3, -0.25) is 9.78 Å². The summed E-state index contributed by atoms with van der Waals surface area (Å²) < 4.78 is 4.73. The molecular weight excluding hydrogens is 280 g/mol. The maximum absolute atomic E-state index is 12.5. The number of pyridine rings is 1. The number of carbonyl (C=O) groups is 2. The first-order valence-corrected chi connectivity index (χ1v) is 6.89. The molecule has 1 aromatic heterocycles. The van der Waals surface area contributed by atoms with Crippen molar-refractivity contribution in [3.63, 3.8) is 0 Å². The van der Waals surface area contributed by atoms with Crippen molar-refractivity contribution < 1.29 is 14.3 Å². The molecule has 1 aromatic carbocycles. The summed E-state index contributed by atoms with van der Waals surface area (Å²) in [5, 5.41) is 3.56. The summed E-state index contributed by atoms with van der Waals surface area (Å²) in [4.78, 5) is 28.5. The van der Waals surface area contributed by atoms with E-state index in [2.05, 4.69) is 16.9 Å². The van der Waals surface area contributed by atoms with Crippen LogP contribution in [-0.2, 0) is 9.53 Å². The molecule has 5 heteroatoms. The largest absolute Gasteiger partial charge is 0.467 e. The fraction of sp³-hybridized carbons (Fsp3) is 0.235. The van der Waals surface area contributed by atoms with Gasteiger partial charge in [-0.2, -0.15) is 0 Å². The zero-order valence-corrected chi connectivity index (χ0v) is 12.6. The van der Waals surface area contributed by atoms with E-state index >= 15 is 0 Å². The molecule has 114 valence electrons. The van der Waals surface area contributed by atoms with E-state index in [-0.39, 0.29) is 5.91 Å². The summed E-state index contributed by atoms with van der Waals surface area (Å²) in [5.74, 6) is -0.856. The molecule has 2 rings (SSSR count). The smallest absolute Gasteiger partial charge is 0.328 e. The molecule has 0 bridgehead atoms. The van der Waals surface area contributed by atoms with E-state index in [9.17, 15) is 9.59 Å². The third-order valence-corrected chi connectivity index (χ3v) is 3.22. The van der Waals surface area contributed by atoms with Crippen LogP contribution in [0.2, 0.25) is 0 Å². The summed E-state index contributed by atoms with van der Waals surface area (Å²) in [6, 6.07) is 8.27. The minimum Gasteiger partial charge on any atom is -0.467 e. The number of hydrogen-bond donors (Lipinski definition) is 1. The fourth-order valence-corrected chi connectivity index (χ4v) is 2.21. The monoisotopic (exact) mass is 298 g/mol. The van der Waals surface area contributed by atoms with Crippen molar-refractivity contribution in [1.82, 2.24) is 10.3 Å².